The monoisotopic (exact) mass is 369 g/mol. The van der Waals surface area contributed by atoms with Crippen LogP contribution in [0.4, 0.5) is 5.69 Å². The van der Waals surface area contributed by atoms with Crippen LogP contribution >= 0.6 is 0 Å². The summed E-state index contributed by atoms with van der Waals surface area (Å²) >= 11 is 0. The molecule has 2 heterocycles. The van der Waals surface area contributed by atoms with Gasteiger partial charge in [0.1, 0.15) is 0 Å². The fourth-order valence-corrected chi connectivity index (χ4v) is 4.47. The highest BCUT2D eigenvalue weighted by Gasteiger charge is 2.73. The minimum Gasteiger partial charge on any atom is -0.356 e. The molecule has 0 aromatic heterocycles. The molecular formula is C20H23N3O4. The maximum atomic E-state index is 13.0. The van der Waals surface area contributed by atoms with Crippen LogP contribution in [0.1, 0.15) is 36.5 Å². The summed E-state index contributed by atoms with van der Waals surface area (Å²) in [6.07, 6.45) is 2.16. The zero-order chi connectivity index (χ0) is 19.2. The van der Waals surface area contributed by atoms with E-state index in [1.165, 1.54) is 0 Å². The number of Topliss-reactive ketones (excluding diaryl/α,β-unsaturated/α-hetero) is 1. The van der Waals surface area contributed by atoms with E-state index >= 15 is 0 Å². The third kappa shape index (κ3) is 2.81. The number of rotatable bonds is 5. The van der Waals surface area contributed by atoms with Gasteiger partial charge in [-0.05, 0) is 25.0 Å². The van der Waals surface area contributed by atoms with Crippen molar-refractivity contribution in [2.45, 2.75) is 26.2 Å². The SMILES string of the molecule is C[C@]12C(=O)c3ccccc3NC(=O)C1[C@H]2C(=O)NCCCN1CCCC1=O. The highest BCUT2D eigenvalue weighted by Crippen LogP contribution is 2.62. The molecule has 1 aromatic carbocycles. The first kappa shape index (κ1) is 17.7. The van der Waals surface area contributed by atoms with Crippen molar-refractivity contribution in [3.05, 3.63) is 29.8 Å². The molecule has 1 aromatic rings. The molecule has 1 saturated heterocycles. The topological polar surface area (TPSA) is 95.6 Å². The average molecular weight is 369 g/mol. The molecule has 2 aliphatic heterocycles. The molecule has 0 bridgehead atoms. The molecule has 1 unspecified atom stereocenters. The van der Waals surface area contributed by atoms with Gasteiger partial charge in [-0.1, -0.05) is 19.1 Å². The molecule has 2 fully saturated rings. The summed E-state index contributed by atoms with van der Waals surface area (Å²) in [7, 11) is 0. The van der Waals surface area contributed by atoms with Gasteiger partial charge in [0.05, 0.1) is 22.9 Å². The summed E-state index contributed by atoms with van der Waals surface area (Å²) in [4.78, 5) is 51.6. The predicted molar refractivity (Wildman–Crippen MR) is 97.9 cm³/mol. The first-order valence-corrected chi connectivity index (χ1v) is 9.45. The number of carbonyl (C=O) groups excluding carboxylic acids is 4. The molecule has 3 amide bonds. The molecule has 0 radical (unpaired) electrons. The van der Waals surface area contributed by atoms with Crippen LogP contribution < -0.4 is 10.6 Å². The number of ketones is 1. The number of likely N-dealkylation sites (tertiary alicyclic amines) is 1. The Labute approximate surface area is 157 Å². The fourth-order valence-electron chi connectivity index (χ4n) is 4.47. The normalized spacial score (nSPS) is 28.9. The number of nitrogens with one attached hydrogen (secondary N) is 2. The van der Waals surface area contributed by atoms with Crippen LogP contribution in [0.15, 0.2) is 24.3 Å². The molecule has 3 atom stereocenters. The third-order valence-electron chi connectivity index (χ3n) is 6.08. The van der Waals surface area contributed by atoms with E-state index in [-0.39, 0.29) is 23.5 Å². The largest absolute Gasteiger partial charge is 0.356 e. The molecular weight excluding hydrogens is 346 g/mol. The van der Waals surface area contributed by atoms with Crippen LogP contribution in [0.3, 0.4) is 0 Å². The van der Waals surface area contributed by atoms with Crippen molar-refractivity contribution in [2.24, 2.45) is 17.3 Å². The van der Waals surface area contributed by atoms with Crippen molar-refractivity contribution in [3.63, 3.8) is 0 Å². The Bertz CT molecular complexity index is 836. The second kappa shape index (κ2) is 6.48. The second-order valence-corrected chi connectivity index (χ2v) is 7.73. The Morgan fingerprint density at radius 2 is 2.07 bits per heavy atom. The van der Waals surface area contributed by atoms with Crippen LogP contribution in [-0.2, 0) is 14.4 Å². The third-order valence-corrected chi connectivity index (χ3v) is 6.08. The summed E-state index contributed by atoms with van der Waals surface area (Å²) in [6.45, 7) is 3.53. The van der Waals surface area contributed by atoms with Gasteiger partial charge in [-0.3, -0.25) is 19.2 Å². The van der Waals surface area contributed by atoms with Gasteiger partial charge in [-0.25, -0.2) is 0 Å². The number of anilines is 1. The summed E-state index contributed by atoms with van der Waals surface area (Å²) in [5.74, 6) is -1.83. The standard InChI is InChI=1S/C20H23N3O4/c1-20-15(18(26)21-9-5-11-23-10-4-8-14(23)24)16(20)19(27)22-13-7-3-2-6-12(13)17(20)25/h2-3,6-7,15-16H,4-5,8-11H2,1H3,(H,21,26)(H,22,27)/t15-,16?,20+/m0/s1. The fraction of sp³-hybridized carbons (Fsp3) is 0.500. The Hall–Kier alpha value is -2.70. The minimum atomic E-state index is -0.994. The molecule has 1 aliphatic carbocycles. The van der Waals surface area contributed by atoms with E-state index in [0.29, 0.717) is 37.2 Å². The van der Waals surface area contributed by atoms with Crippen molar-refractivity contribution in [3.8, 4) is 0 Å². The Balaban J connectivity index is 1.39. The van der Waals surface area contributed by atoms with E-state index in [9.17, 15) is 19.2 Å². The zero-order valence-corrected chi connectivity index (χ0v) is 15.3. The van der Waals surface area contributed by atoms with Gasteiger partial charge in [0.25, 0.3) is 0 Å². The van der Waals surface area contributed by atoms with Crippen LogP contribution in [0.2, 0.25) is 0 Å². The van der Waals surface area contributed by atoms with Gasteiger partial charge in [0.15, 0.2) is 5.78 Å². The molecule has 7 nitrogen and oxygen atoms in total. The summed E-state index contributed by atoms with van der Waals surface area (Å²) in [5, 5.41) is 5.62. The van der Waals surface area contributed by atoms with E-state index in [1.807, 2.05) is 4.90 Å². The number of hydrogen-bond acceptors (Lipinski definition) is 4. The van der Waals surface area contributed by atoms with E-state index < -0.39 is 17.3 Å². The highest BCUT2D eigenvalue weighted by atomic mass is 16.2. The Morgan fingerprint density at radius 1 is 1.30 bits per heavy atom. The van der Waals surface area contributed by atoms with Crippen molar-refractivity contribution in [2.75, 3.05) is 25.0 Å². The number of carbonyl (C=O) groups is 4. The summed E-state index contributed by atoms with van der Waals surface area (Å²) in [5.41, 5.74) is -0.0276. The Morgan fingerprint density at radius 3 is 2.81 bits per heavy atom. The smallest absolute Gasteiger partial charge is 0.229 e. The lowest BCUT2D eigenvalue weighted by molar-refractivity contribution is -0.127. The quantitative estimate of drug-likeness (QED) is 0.763. The molecule has 142 valence electrons. The van der Waals surface area contributed by atoms with Gasteiger partial charge in [-0.2, -0.15) is 0 Å². The highest BCUT2D eigenvalue weighted by molar-refractivity contribution is 6.19. The van der Waals surface area contributed by atoms with Crippen LogP contribution in [0.25, 0.3) is 0 Å². The van der Waals surface area contributed by atoms with Crippen LogP contribution in [-0.4, -0.2) is 48.0 Å². The van der Waals surface area contributed by atoms with Crippen molar-refractivity contribution < 1.29 is 19.2 Å². The van der Waals surface area contributed by atoms with Crippen molar-refractivity contribution in [1.82, 2.24) is 10.2 Å². The van der Waals surface area contributed by atoms with Crippen molar-refractivity contribution in [1.29, 1.82) is 0 Å². The lowest BCUT2D eigenvalue weighted by atomic mass is 9.92. The first-order valence-electron chi connectivity index (χ1n) is 9.45. The molecule has 27 heavy (non-hydrogen) atoms. The van der Waals surface area contributed by atoms with E-state index in [1.54, 1.807) is 31.2 Å². The van der Waals surface area contributed by atoms with E-state index in [2.05, 4.69) is 10.6 Å². The van der Waals surface area contributed by atoms with Gasteiger partial charge >= 0.3 is 0 Å². The molecule has 1 saturated carbocycles. The van der Waals surface area contributed by atoms with E-state index in [4.69, 9.17) is 0 Å². The van der Waals surface area contributed by atoms with Gasteiger partial charge in [0, 0.05) is 31.6 Å². The minimum absolute atomic E-state index is 0.163. The molecule has 3 aliphatic rings. The van der Waals surface area contributed by atoms with Crippen LogP contribution in [0.5, 0.6) is 0 Å². The summed E-state index contributed by atoms with van der Waals surface area (Å²) < 4.78 is 0. The van der Waals surface area contributed by atoms with E-state index in [0.717, 1.165) is 13.0 Å². The number of benzene rings is 1. The van der Waals surface area contributed by atoms with Gasteiger partial charge in [0.2, 0.25) is 17.7 Å². The van der Waals surface area contributed by atoms with Crippen molar-refractivity contribution >= 4 is 29.2 Å². The first-order chi connectivity index (χ1) is 12.9. The lowest BCUT2D eigenvalue weighted by Crippen LogP contribution is -2.33. The maximum Gasteiger partial charge on any atom is 0.229 e. The molecule has 0 spiro atoms. The maximum absolute atomic E-state index is 13.0. The molecule has 2 N–H and O–H groups in total. The number of amides is 3. The van der Waals surface area contributed by atoms with Gasteiger partial charge < -0.3 is 15.5 Å². The van der Waals surface area contributed by atoms with Gasteiger partial charge in [-0.15, -0.1) is 0 Å². The summed E-state index contributed by atoms with van der Waals surface area (Å²) in [6, 6.07) is 6.91. The lowest BCUT2D eigenvalue weighted by Gasteiger charge is -2.16. The van der Waals surface area contributed by atoms with Crippen LogP contribution in [0, 0.1) is 17.3 Å². The number of para-hydroxylation sites is 1. The number of fused-ring (bicyclic) bond motifs is 2. The second-order valence-electron chi connectivity index (χ2n) is 7.73. The molecule has 7 heteroatoms. The Kier molecular flexibility index (Phi) is 4.25. The number of nitrogens with zero attached hydrogens (tertiary/aromatic N) is 1. The predicted octanol–water partition coefficient (Wildman–Crippen LogP) is 1.20. The average Bonchev–Trinajstić information content (AvgIpc) is 3.12. The molecule has 4 rings (SSSR count). The number of hydrogen-bond donors (Lipinski definition) is 2. The zero-order valence-electron chi connectivity index (χ0n) is 15.3.